The molecule has 7 rings (SSSR count). The summed E-state index contributed by atoms with van der Waals surface area (Å²) in [6.07, 6.45) is 0. The van der Waals surface area contributed by atoms with Crippen LogP contribution in [0.25, 0.3) is 21.5 Å². The number of aromatic hydroxyl groups is 3. The first-order chi connectivity index (χ1) is 33.2. The minimum atomic E-state index is -5.35. The molecule has 1 heterocycles. The summed E-state index contributed by atoms with van der Waals surface area (Å²) in [5, 5.41) is 67.2. The molecule has 2 amide bonds. The number of anilines is 2. The van der Waals surface area contributed by atoms with Gasteiger partial charge in [0, 0.05) is 46.4 Å². The number of nitrogens with one attached hydrogen (secondary N) is 2. The van der Waals surface area contributed by atoms with Crippen molar-refractivity contribution in [2.24, 2.45) is 20.5 Å². The van der Waals surface area contributed by atoms with Crippen LogP contribution in [0.2, 0.25) is 0 Å². The number of nitrogens with zero attached hydrogens (tertiary/aromatic N) is 5. The van der Waals surface area contributed by atoms with Crippen LogP contribution in [0.5, 0.6) is 17.2 Å². The van der Waals surface area contributed by atoms with Crippen molar-refractivity contribution in [1.82, 2.24) is 4.98 Å². The molecule has 364 valence electrons. The number of hydrogen-bond donors (Lipinski definition) is 9. The zero-order valence-electron chi connectivity index (χ0n) is 34.1. The molecule has 71 heavy (non-hydrogen) atoms. The van der Waals surface area contributed by atoms with Crippen LogP contribution >= 0.6 is 0 Å². The maximum absolute atomic E-state index is 14.7. The molecule has 0 saturated heterocycles. The number of fused-ring (bicyclic) bond motifs is 2. The van der Waals surface area contributed by atoms with Crippen LogP contribution in [0.4, 0.5) is 60.5 Å². The summed E-state index contributed by atoms with van der Waals surface area (Å²) in [5.74, 6) is -21.3. The maximum atomic E-state index is 14.7. The van der Waals surface area contributed by atoms with E-state index in [0.29, 0.717) is 12.1 Å². The van der Waals surface area contributed by atoms with Gasteiger partial charge >= 0.3 is 11.9 Å². The van der Waals surface area contributed by atoms with E-state index in [9.17, 15) is 86.8 Å². The summed E-state index contributed by atoms with van der Waals surface area (Å²) in [6.45, 7) is 0. The number of benzene rings is 6. The Morgan fingerprint density at radius 1 is 0.507 bits per heavy atom. The normalized spacial score (nSPS) is 12.0. The number of azo groups is 2. The largest absolute Gasteiger partial charge is 0.508 e. The summed E-state index contributed by atoms with van der Waals surface area (Å²) < 4.78 is 155. The molecular weight excluding hydrogens is 1010 g/mol. The van der Waals surface area contributed by atoms with Crippen LogP contribution in [0.3, 0.4) is 0 Å². The topological polar surface area (TPSA) is 365 Å². The van der Waals surface area contributed by atoms with Gasteiger partial charge in [0.15, 0.2) is 46.4 Å². The van der Waals surface area contributed by atoms with Crippen LogP contribution in [0.1, 0.15) is 41.7 Å². The third-order valence-electron chi connectivity index (χ3n) is 9.67. The first-order valence-electron chi connectivity index (χ1n) is 18.7. The molecule has 0 atom stereocenters. The molecular formula is C41H21F6N7O15S2. The SMILES string of the molecule is O=C(Nc1ccc2c(O)c(N=Nc3cc(F)c(F)c(C(=O)O)c3F)c(S(=O)(=O)O)cc2c1)c1cc(O)cc(C(=O)Nc2ccc3c(O)c(N=Nc4cc(F)c(F)c(C(=O)O)c4F)c(S(=O)(=O)O)cc3c2)n1. The van der Waals surface area contributed by atoms with Gasteiger partial charge in [-0.05, 0) is 59.3 Å². The summed E-state index contributed by atoms with van der Waals surface area (Å²) in [7, 11) is -10.7. The fourth-order valence-corrected chi connectivity index (χ4v) is 7.81. The Morgan fingerprint density at radius 2 is 0.873 bits per heavy atom. The number of carboxylic acid groups (broad SMARTS) is 2. The Morgan fingerprint density at radius 3 is 1.21 bits per heavy atom. The van der Waals surface area contributed by atoms with Crippen LogP contribution in [0.15, 0.2) is 103 Å². The highest BCUT2D eigenvalue weighted by Gasteiger charge is 2.29. The molecule has 30 heteroatoms. The second-order valence-electron chi connectivity index (χ2n) is 14.2. The quantitative estimate of drug-likeness (QED) is 0.0239. The molecule has 0 fully saturated rings. The molecule has 1 aromatic heterocycles. The minimum Gasteiger partial charge on any atom is -0.508 e. The number of phenolic OH excluding ortho intramolecular Hbond substituents is 2. The molecule has 0 spiro atoms. The monoisotopic (exact) mass is 1030 g/mol. The number of carboxylic acids is 2. The molecule has 0 saturated carbocycles. The van der Waals surface area contributed by atoms with Gasteiger partial charge in [-0.25, -0.2) is 40.9 Å². The molecule has 0 unspecified atom stereocenters. The van der Waals surface area contributed by atoms with Gasteiger partial charge in [0.25, 0.3) is 32.1 Å². The van der Waals surface area contributed by atoms with Gasteiger partial charge in [0.05, 0.1) is 0 Å². The highest BCUT2D eigenvalue weighted by atomic mass is 32.2. The van der Waals surface area contributed by atoms with Crippen molar-refractivity contribution in [3.05, 3.63) is 130 Å². The molecule has 22 nitrogen and oxygen atoms in total. The number of amides is 2. The standard InChI is InChI=1S/C41H21F6N7O15S2/c42-20-11-22(32(46)28(30(20)44)40(60)61)51-53-34-26(70(64,65)66)7-13-5-15(1-3-18(13)36(34)56)48-38(58)24-9-17(55)10-25(50-24)39(59)49-16-2-4-19-14(6-16)8-27(71(67,68)69)35(37(19)57)54-52-23-12-21(43)31(45)29(33(23)47)41(62)63/h1-12,56-57H,(H,48,58)(H,49,59)(H,50,55)(H,60,61)(H,62,63)(H,64,65,66)(H,67,68,69). The number of rotatable bonds is 12. The third-order valence-corrected chi connectivity index (χ3v) is 11.4. The number of pyridine rings is 1. The number of hydrogen-bond acceptors (Lipinski definition) is 16. The molecule has 6 aromatic carbocycles. The number of aromatic nitrogens is 1. The van der Waals surface area contributed by atoms with Gasteiger partial charge in [-0.15, -0.1) is 20.5 Å². The van der Waals surface area contributed by atoms with E-state index in [0.717, 1.165) is 48.5 Å². The Kier molecular flexibility index (Phi) is 12.9. The first kappa shape index (κ1) is 49.8. The van der Waals surface area contributed by atoms with Gasteiger partial charge in [0.1, 0.15) is 60.8 Å². The predicted molar refractivity (Wildman–Crippen MR) is 228 cm³/mol. The van der Waals surface area contributed by atoms with Gasteiger partial charge in [-0.3, -0.25) is 18.7 Å². The molecule has 0 aliphatic heterocycles. The molecule has 0 aliphatic rings. The lowest BCUT2D eigenvalue weighted by Crippen LogP contribution is -2.18. The fourth-order valence-electron chi connectivity index (χ4n) is 6.49. The lowest BCUT2D eigenvalue weighted by atomic mass is 10.1. The van der Waals surface area contributed by atoms with E-state index < -0.39 is 151 Å². The van der Waals surface area contributed by atoms with Crippen molar-refractivity contribution in [3.8, 4) is 17.2 Å². The lowest BCUT2D eigenvalue weighted by molar-refractivity contribution is 0.0673. The second-order valence-corrected chi connectivity index (χ2v) is 17.0. The Balaban J connectivity index is 1.15. The molecule has 9 N–H and O–H groups in total. The highest BCUT2D eigenvalue weighted by Crippen LogP contribution is 2.44. The Hall–Kier alpha value is -9.13. The Labute approximate surface area is 389 Å². The Bertz CT molecular complexity index is 3600. The van der Waals surface area contributed by atoms with Gasteiger partial charge in [0.2, 0.25) is 0 Å². The van der Waals surface area contributed by atoms with Gasteiger partial charge in [-0.1, -0.05) is 0 Å². The van der Waals surface area contributed by atoms with Gasteiger partial charge < -0.3 is 36.2 Å². The lowest BCUT2D eigenvalue weighted by Gasteiger charge is -2.12. The minimum absolute atomic E-state index is 0.0812. The van der Waals surface area contributed by atoms with Crippen molar-refractivity contribution in [2.75, 3.05) is 10.6 Å². The zero-order chi connectivity index (χ0) is 52.2. The van der Waals surface area contributed by atoms with E-state index in [1.807, 2.05) is 0 Å². The number of phenols is 2. The number of aromatic carboxylic acids is 2. The van der Waals surface area contributed by atoms with E-state index in [2.05, 4.69) is 36.1 Å². The van der Waals surface area contributed by atoms with Crippen LogP contribution in [0, 0.1) is 34.9 Å². The first-order valence-corrected chi connectivity index (χ1v) is 21.6. The predicted octanol–water partition coefficient (Wildman–Crippen LogP) is 8.56. The highest BCUT2D eigenvalue weighted by molar-refractivity contribution is 7.86. The fraction of sp³-hybridized carbons (Fsp3) is 0. The van der Waals surface area contributed by atoms with Crippen molar-refractivity contribution in [1.29, 1.82) is 0 Å². The molecule has 0 radical (unpaired) electrons. The third kappa shape index (κ3) is 9.78. The molecule has 7 aromatic rings. The summed E-state index contributed by atoms with van der Waals surface area (Å²) in [5.41, 5.74) is -9.83. The number of halogens is 6. The number of carbonyl (C=O) groups excluding carboxylic acids is 2. The van der Waals surface area contributed by atoms with Crippen molar-refractivity contribution < 1.29 is 97.0 Å². The molecule has 0 bridgehead atoms. The van der Waals surface area contributed by atoms with Crippen molar-refractivity contribution >= 4 is 99.7 Å². The average Bonchev–Trinajstić information content (AvgIpc) is 3.27. The second kappa shape index (κ2) is 18.4. The van der Waals surface area contributed by atoms with Crippen LogP contribution in [-0.2, 0) is 20.2 Å². The van der Waals surface area contributed by atoms with Crippen LogP contribution in [-0.4, -0.2) is 80.2 Å². The number of carbonyl (C=O) groups is 4. The van der Waals surface area contributed by atoms with E-state index >= 15 is 0 Å². The molecule has 0 aliphatic carbocycles. The zero-order valence-corrected chi connectivity index (χ0v) is 35.8. The van der Waals surface area contributed by atoms with Gasteiger partial charge in [-0.2, -0.15) is 16.8 Å². The van der Waals surface area contributed by atoms with E-state index in [1.165, 1.54) is 0 Å². The smallest absolute Gasteiger partial charge is 0.341 e. The average molecular weight is 1030 g/mol. The maximum Gasteiger partial charge on any atom is 0.341 e. The van der Waals surface area contributed by atoms with E-state index in [1.54, 1.807) is 0 Å². The summed E-state index contributed by atoms with van der Waals surface area (Å²) >= 11 is 0. The van der Waals surface area contributed by atoms with E-state index in [4.69, 9.17) is 10.2 Å². The summed E-state index contributed by atoms with van der Waals surface area (Å²) in [6, 6.07) is 9.56. The van der Waals surface area contributed by atoms with Crippen molar-refractivity contribution in [3.63, 3.8) is 0 Å². The van der Waals surface area contributed by atoms with Crippen molar-refractivity contribution in [2.45, 2.75) is 9.79 Å². The van der Waals surface area contributed by atoms with E-state index in [-0.39, 0.29) is 45.1 Å². The summed E-state index contributed by atoms with van der Waals surface area (Å²) in [4.78, 5) is 50.7. The van der Waals surface area contributed by atoms with Crippen LogP contribution < -0.4 is 10.6 Å².